The molecule has 0 atom stereocenters. The van der Waals surface area contributed by atoms with Crippen molar-refractivity contribution in [3.63, 3.8) is 0 Å². The highest BCUT2D eigenvalue weighted by Gasteiger charge is 2.31. The highest BCUT2D eigenvalue weighted by molar-refractivity contribution is 7.92. The molecular formula is C23H20F3NO7S2. The molecule has 0 aliphatic heterocycles. The maximum atomic E-state index is 13.0. The first-order valence-electron chi connectivity index (χ1n) is 10.1. The molecule has 0 unspecified atom stereocenters. The number of esters is 1. The Kier molecular flexibility index (Phi) is 7.65. The van der Waals surface area contributed by atoms with Crippen LogP contribution in [0.2, 0.25) is 0 Å². The van der Waals surface area contributed by atoms with Crippen LogP contribution in [0.5, 0.6) is 5.75 Å². The summed E-state index contributed by atoms with van der Waals surface area (Å²) in [6.07, 6.45) is -4.95. The molecule has 192 valence electrons. The highest BCUT2D eigenvalue weighted by atomic mass is 32.2. The van der Waals surface area contributed by atoms with Gasteiger partial charge in [-0.15, -0.1) is 13.2 Å². The number of aryl methyl sites for hydroxylation is 1. The monoisotopic (exact) mass is 543 g/mol. The first kappa shape index (κ1) is 27.0. The molecule has 0 aliphatic rings. The SMILES string of the molecule is COC(=O)c1ccc(NS(=O)(=O)c2ccc(C)cc2)c(CS(=O)(=O)c2ccc(OC(F)(F)F)cc2)c1. The molecule has 3 aromatic carbocycles. The van der Waals surface area contributed by atoms with Crippen LogP contribution < -0.4 is 9.46 Å². The number of hydrogen-bond donors (Lipinski definition) is 1. The van der Waals surface area contributed by atoms with Gasteiger partial charge in [0.1, 0.15) is 5.75 Å². The molecule has 8 nitrogen and oxygen atoms in total. The third kappa shape index (κ3) is 6.76. The van der Waals surface area contributed by atoms with E-state index in [2.05, 4.69) is 14.2 Å². The second kappa shape index (κ2) is 10.2. The lowest BCUT2D eigenvalue weighted by Gasteiger charge is -2.15. The summed E-state index contributed by atoms with van der Waals surface area (Å²) in [5.74, 6) is -2.17. The van der Waals surface area contributed by atoms with E-state index in [1.165, 1.54) is 24.3 Å². The quantitative estimate of drug-likeness (QED) is 0.417. The molecule has 1 N–H and O–H groups in total. The molecule has 0 saturated heterocycles. The Labute approximate surface area is 205 Å². The molecule has 0 radical (unpaired) electrons. The van der Waals surface area contributed by atoms with Gasteiger partial charge in [0, 0.05) is 0 Å². The Bertz CT molecular complexity index is 1470. The molecule has 0 heterocycles. The van der Waals surface area contributed by atoms with Crippen molar-refractivity contribution in [2.45, 2.75) is 28.8 Å². The van der Waals surface area contributed by atoms with E-state index in [4.69, 9.17) is 0 Å². The van der Waals surface area contributed by atoms with Gasteiger partial charge < -0.3 is 9.47 Å². The zero-order valence-electron chi connectivity index (χ0n) is 18.9. The second-order valence-electron chi connectivity index (χ2n) is 7.56. The van der Waals surface area contributed by atoms with Crippen molar-refractivity contribution in [1.82, 2.24) is 0 Å². The summed E-state index contributed by atoms with van der Waals surface area (Å²) in [6, 6.07) is 13.1. The number of alkyl halides is 3. The van der Waals surface area contributed by atoms with Crippen LogP contribution in [0.3, 0.4) is 0 Å². The van der Waals surface area contributed by atoms with Crippen molar-refractivity contribution < 1.29 is 44.3 Å². The average molecular weight is 544 g/mol. The fraction of sp³-hybridized carbons (Fsp3) is 0.174. The van der Waals surface area contributed by atoms with Crippen molar-refractivity contribution in [1.29, 1.82) is 0 Å². The maximum Gasteiger partial charge on any atom is 0.573 e. The van der Waals surface area contributed by atoms with Gasteiger partial charge in [-0.1, -0.05) is 17.7 Å². The molecule has 13 heteroatoms. The van der Waals surface area contributed by atoms with Crippen molar-refractivity contribution in [2.75, 3.05) is 11.8 Å². The van der Waals surface area contributed by atoms with Gasteiger partial charge >= 0.3 is 12.3 Å². The van der Waals surface area contributed by atoms with Crippen molar-refractivity contribution in [2.24, 2.45) is 0 Å². The number of benzene rings is 3. The topological polar surface area (TPSA) is 116 Å². The minimum absolute atomic E-state index is 0.0325. The van der Waals surface area contributed by atoms with Gasteiger partial charge in [-0.05, 0) is 67.1 Å². The number of methoxy groups -OCH3 is 1. The number of anilines is 1. The van der Waals surface area contributed by atoms with Gasteiger partial charge in [0.2, 0.25) is 0 Å². The molecule has 0 bridgehead atoms. The van der Waals surface area contributed by atoms with Gasteiger partial charge in [-0.3, -0.25) is 4.72 Å². The number of halogens is 3. The second-order valence-corrected chi connectivity index (χ2v) is 11.2. The van der Waals surface area contributed by atoms with E-state index in [9.17, 15) is 34.8 Å². The number of sulfonamides is 1. The number of ether oxygens (including phenoxy) is 2. The smallest absolute Gasteiger partial charge is 0.465 e. The standard InChI is InChI=1S/C23H20F3NO7S2/c1-15-3-8-20(9-4-15)36(31,32)27-21-12-5-16(22(28)33-2)13-17(21)14-35(29,30)19-10-6-18(7-11-19)34-23(24,25)26/h3-13,27H,14H2,1-2H3. The van der Waals surface area contributed by atoms with Crippen molar-refractivity contribution >= 4 is 31.5 Å². The third-order valence-corrected chi connectivity index (χ3v) is 7.93. The molecule has 0 fully saturated rings. The predicted molar refractivity (Wildman–Crippen MR) is 124 cm³/mol. The van der Waals surface area contributed by atoms with E-state index >= 15 is 0 Å². The normalized spacial score (nSPS) is 12.1. The van der Waals surface area contributed by atoms with E-state index < -0.39 is 43.7 Å². The molecule has 0 amide bonds. The van der Waals surface area contributed by atoms with Crippen LogP contribution in [0.25, 0.3) is 0 Å². The number of hydrogen-bond acceptors (Lipinski definition) is 7. The van der Waals surface area contributed by atoms with Gasteiger partial charge in [0.05, 0.1) is 33.9 Å². The van der Waals surface area contributed by atoms with E-state index in [1.54, 1.807) is 19.1 Å². The van der Waals surface area contributed by atoms with Crippen molar-refractivity contribution in [3.05, 3.63) is 83.4 Å². The Morgan fingerprint density at radius 2 is 1.47 bits per heavy atom. The van der Waals surface area contributed by atoms with Gasteiger partial charge in [-0.25, -0.2) is 21.6 Å². The van der Waals surface area contributed by atoms with Crippen LogP contribution in [0, 0.1) is 6.92 Å². The van der Waals surface area contributed by atoms with Crippen molar-refractivity contribution in [3.8, 4) is 5.75 Å². The number of nitrogens with one attached hydrogen (secondary N) is 1. The van der Waals surface area contributed by atoms with Gasteiger partial charge in [0.15, 0.2) is 9.84 Å². The van der Waals surface area contributed by atoms with Gasteiger partial charge in [0.25, 0.3) is 10.0 Å². The van der Waals surface area contributed by atoms with Crippen LogP contribution in [-0.2, 0) is 30.4 Å². The lowest BCUT2D eigenvalue weighted by molar-refractivity contribution is -0.274. The first-order valence-corrected chi connectivity index (χ1v) is 13.2. The van der Waals surface area contributed by atoms with E-state index in [0.29, 0.717) is 0 Å². The molecule has 0 saturated carbocycles. The zero-order chi connectivity index (χ0) is 26.7. The minimum Gasteiger partial charge on any atom is -0.465 e. The maximum absolute atomic E-state index is 13.0. The molecule has 3 aromatic rings. The van der Waals surface area contributed by atoms with Crippen LogP contribution >= 0.6 is 0 Å². The highest BCUT2D eigenvalue weighted by Crippen LogP contribution is 2.28. The summed E-state index contributed by atoms with van der Waals surface area (Å²) in [5, 5.41) is 0. The Morgan fingerprint density at radius 3 is 2.03 bits per heavy atom. The summed E-state index contributed by atoms with van der Waals surface area (Å²) in [5.41, 5.74) is 0.609. The minimum atomic E-state index is -4.95. The fourth-order valence-electron chi connectivity index (χ4n) is 3.12. The Balaban J connectivity index is 1.98. The summed E-state index contributed by atoms with van der Waals surface area (Å²) in [4.78, 5) is 11.6. The molecule has 0 aromatic heterocycles. The Hall–Kier alpha value is -3.58. The average Bonchev–Trinajstić information content (AvgIpc) is 2.79. The number of carbonyl (C=O) groups is 1. The van der Waals surface area contributed by atoms with E-state index in [-0.39, 0.29) is 26.6 Å². The van der Waals surface area contributed by atoms with Crippen LogP contribution in [-0.4, -0.2) is 36.3 Å². The first-order chi connectivity index (χ1) is 16.7. The molecule has 36 heavy (non-hydrogen) atoms. The fourth-order valence-corrected chi connectivity index (χ4v) is 5.58. The summed E-state index contributed by atoms with van der Waals surface area (Å²) in [7, 11) is -7.19. The lowest BCUT2D eigenvalue weighted by Crippen LogP contribution is -2.17. The van der Waals surface area contributed by atoms with Crippen LogP contribution in [0.1, 0.15) is 21.5 Å². The number of rotatable bonds is 8. The molecule has 0 aliphatic carbocycles. The van der Waals surface area contributed by atoms with E-state index in [1.807, 2.05) is 0 Å². The zero-order valence-corrected chi connectivity index (χ0v) is 20.5. The van der Waals surface area contributed by atoms with Crippen LogP contribution in [0.15, 0.2) is 76.5 Å². The predicted octanol–water partition coefficient (Wildman–Crippen LogP) is 4.45. The summed E-state index contributed by atoms with van der Waals surface area (Å²) >= 11 is 0. The summed E-state index contributed by atoms with van der Waals surface area (Å²) < 4.78 is 99.6. The lowest BCUT2D eigenvalue weighted by atomic mass is 10.1. The number of sulfone groups is 1. The third-order valence-electron chi connectivity index (χ3n) is 4.86. The molecule has 0 spiro atoms. The van der Waals surface area contributed by atoms with Gasteiger partial charge in [-0.2, -0.15) is 0 Å². The Morgan fingerprint density at radius 1 is 0.889 bits per heavy atom. The van der Waals surface area contributed by atoms with E-state index in [0.717, 1.165) is 43.0 Å². The van der Waals surface area contributed by atoms with Crippen LogP contribution in [0.4, 0.5) is 18.9 Å². The molecule has 3 rings (SSSR count). The summed E-state index contributed by atoms with van der Waals surface area (Å²) in [6.45, 7) is 1.78. The number of carbonyl (C=O) groups excluding carboxylic acids is 1. The molecular weight excluding hydrogens is 523 g/mol. The largest absolute Gasteiger partial charge is 0.573 e.